The lowest BCUT2D eigenvalue weighted by atomic mass is 10.1. The molecule has 0 saturated carbocycles. The lowest BCUT2D eigenvalue weighted by Crippen LogP contribution is -2.08. The Bertz CT molecular complexity index is 307. The topological polar surface area (TPSA) is 35.2 Å². The molecule has 0 aliphatic heterocycles. The van der Waals surface area contributed by atoms with Crippen LogP contribution in [-0.4, -0.2) is 6.61 Å². The summed E-state index contributed by atoms with van der Waals surface area (Å²) in [6, 6.07) is 7.94. The van der Waals surface area contributed by atoms with Crippen LogP contribution in [0.25, 0.3) is 0 Å². The molecule has 0 saturated heterocycles. The first-order chi connectivity index (χ1) is 7.25. The summed E-state index contributed by atoms with van der Waals surface area (Å²) in [5, 5.41) is 0. The monoisotopic (exact) mass is 205 g/mol. The van der Waals surface area contributed by atoms with E-state index in [0.29, 0.717) is 0 Å². The van der Waals surface area contributed by atoms with Crippen LogP contribution in [0.1, 0.15) is 31.4 Å². The molecule has 82 valence electrons. The molecule has 2 nitrogen and oxygen atoms in total. The maximum Gasteiger partial charge on any atom is 0.124 e. The third kappa shape index (κ3) is 3.76. The van der Waals surface area contributed by atoms with Crippen LogP contribution in [0.4, 0.5) is 0 Å². The number of nitrogens with two attached hydrogens (primary N) is 1. The smallest absolute Gasteiger partial charge is 0.124 e. The van der Waals surface area contributed by atoms with Crippen molar-refractivity contribution in [2.24, 2.45) is 5.73 Å². The molecule has 0 aliphatic carbocycles. The highest BCUT2D eigenvalue weighted by Crippen LogP contribution is 2.23. The van der Waals surface area contributed by atoms with E-state index in [1.807, 2.05) is 37.3 Å². The third-order valence-electron chi connectivity index (χ3n) is 2.22. The lowest BCUT2D eigenvalue weighted by molar-refractivity contribution is 0.307. The summed E-state index contributed by atoms with van der Waals surface area (Å²) in [5.74, 6) is 0.900. The van der Waals surface area contributed by atoms with Gasteiger partial charge >= 0.3 is 0 Å². The average Bonchev–Trinajstić information content (AvgIpc) is 2.25. The molecule has 0 heterocycles. The van der Waals surface area contributed by atoms with Crippen molar-refractivity contribution in [2.75, 3.05) is 6.61 Å². The normalized spacial score (nSPS) is 12.1. The van der Waals surface area contributed by atoms with Crippen LogP contribution in [0.15, 0.2) is 36.9 Å². The zero-order valence-electron chi connectivity index (χ0n) is 9.28. The van der Waals surface area contributed by atoms with Crippen molar-refractivity contribution in [3.63, 3.8) is 0 Å². The Kier molecular flexibility index (Phi) is 4.91. The van der Waals surface area contributed by atoms with E-state index in [4.69, 9.17) is 10.5 Å². The number of rotatable bonds is 6. The lowest BCUT2D eigenvalue weighted by Gasteiger charge is -2.13. The fourth-order valence-electron chi connectivity index (χ4n) is 1.40. The standard InChI is InChI=1S/C13H19NO/c1-3-4-7-10-15-13-9-6-5-8-12(13)11(2)14/h3,5-6,8-9,11H,1,4,7,10,14H2,2H3/t11-/m1/s1. The first-order valence-electron chi connectivity index (χ1n) is 5.34. The molecule has 0 amide bonds. The van der Waals surface area contributed by atoms with Crippen LogP contribution in [-0.2, 0) is 0 Å². The molecule has 2 N–H and O–H groups in total. The Balaban J connectivity index is 2.55. The van der Waals surface area contributed by atoms with Crippen LogP contribution in [0.5, 0.6) is 5.75 Å². The Morgan fingerprint density at radius 2 is 2.20 bits per heavy atom. The summed E-state index contributed by atoms with van der Waals surface area (Å²) in [4.78, 5) is 0. The highest BCUT2D eigenvalue weighted by molar-refractivity contribution is 5.35. The molecule has 1 aromatic carbocycles. The fourth-order valence-corrected chi connectivity index (χ4v) is 1.40. The van der Waals surface area contributed by atoms with E-state index >= 15 is 0 Å². The van der Waals surface area contributed by atoms with Crippen molar-refractivity contribution in [2.45, 2.75) is 25.8 Å². The molecule has 0 aromatic heterocycles. The first-order valence-corrected chi connectivity index (χ1v) is 5.34. The average molecular weight is 205 g/mol. The maximum absolute atomic E-state index is 5.85. The Morgan fingerprint density at radius 1 is 1.47 bits per heavy atom. The summed E-state index contributed by atoms with van der Waals surface area (Å²) in [7, 11) is 0. The highest BCUT2D eigenvalue weighted by atomic mass is 16.5. The van der Waals surface area contributed by atoms with Gasteiger partial charge in [0, 0.05) is 11.6 Å². The molecule has 1 aromatic rings. The van der Waals surface area contributed by atoms with Gasteiger partial charge < -0.3 is 10.5 Å². The first kappa shape index (κ1) is 11.8. The number of hydrogen-bond donors (Lipinski definition) is 1. The largest absolute Gasteiger partial charge is 0.493 e. The number of benzene rings is 1. The Labute approximate surface area is 91.7 Å². The van der Waals surface area contributed by atoms with Crippen molar-refractivity contribution >= 4 is 0 Å². The van der Waals surface area contributed by atoms with Gasteiger partial charge in [0.25, 0.3) is 0 Å². The number of para-hydroxylation sites is 1. The van der Waals surface area contributed by atoms with Gasteiger partial charge in [-0.1, -0.05) is 24.3 Å². The summed E-state index contributed by atoms with van der Waals surface area (Å²) >= 11 is 0. The Hall–Kier alpha value is -1.28. The zero-order valence-corrected chi connectivity index (χ0v) is 9.28. The molecule has 0 spiro atoms. The predicted molar refractivity (Wildman–Crippen MR) is 64.0 cm³/mol. The second-order valence-corrected chi connectivity index (χ2v) is 3.61. The summed E-state index contributed by atoms with van der Waals surface area (Å²) in [5.41, 5.74) is 6.91. The van der Waals surface area contributed by atoms with Gasteiger partial charge in [0.05, 0.1) is 6.61 Å². The van der Waals surface area contributed by atoms with Crippen molar-refractivity contribution in [3.8, 4) is 5.75 Å². The van der Waals surface area contributed by atoms with Crippen LogP contribution >= 0.6 is 0 Å². The van der Waals surface area contributed by atoms with E-state index in [1.54, 1.807) is 0 Å². The number of hydrogen-bond acceptors (Lipinski definition) is 2. The van der Waals surface area contributed by atoms with E-state index in [2.05, 4.69) is 6.58 Å². The van der Waals surface area contributed by atoms with Crippen LogP contribution in [0.3, 0.4) is 0 Å². The zero-order chi connectivity index (χ0) is 11.1. The third-order valence-corrected chi connectivity index (χ3v) is 2.22. The fraction of sp³-hybridized carbons (Fsp3) is 0.385. The van der Waals surface area contributed by atoms with E-state index in [1.165, 1.54) is 0 Å². The van der Waals surface area contributed by atoms with Gasteiger partial charge in [-0.3, -0.25) is 0 Å². The molecule has 0 unspecified atom stereocenters. The molecular formula is C13H19NO. The number of ether oxygens (including phenoxy) is 1. The summed E-state index contributed by atoms with van der Waals surface area (Å²) in [6.07, 6.45) is 3.89. The van der Waals surface area contributed by atoms with Crippen molar-refractivity contribution in [1.82, 2.24) is 0 Å². The SMILES string of the molecule is C=CCCCOc1ccccc1[C@@H](C)N. The quantitative estimate of drug-likeness (QED) is 0.572. The minimum absolute atomic E-state index is 0.0144. The second-order valence-electron chi connectivity index (χ2n) is 3.61. The molecular weight excluding hydrogens is 186 g/mol. The minimum atomic E-state index is 0.0144. The van der Waals surface area contributed by atoms with Gasteiger partial charge in [-0.05, 0) is 25.8 Å². The molecule has 0 aliphatic rings. The van der Waals surface area contributed by atoms with Gasteiger partial charge in [-0.15, -0.1) is 6.58 Å². The van der Waals surface area contributed by atoms with Gasteiger partial charge in [0.15, 0.2) is 0 Å². The molecule has 2 heteroatoms. The molecule has 15 heavy (non-hydrogen) atoms. The van der Waals surface area contributed by atoms with Gasteiger partial charge in [-0.2, -0.15) is 0 Å². The predicted octanol–water partition coefficient (Wildman–Crippen LogP) is 3.05. The van der Waals surface area contributed by atoms with Crippen molar-refractivity contribution < 1.29 is 4.74 Å². The Morgan fingerprint density at radius 3 is 2.87 bits per heavy atom. The molecule has 0 bridgehead atoms. The molecule has 1 atom stereocenters. The molecule has 1 rings (SSSR count). The molecule has 0 radical (unpaired) electrons. The van der Waals surface area contributed by atoms with Crippen LogP contribution in [0.2, 0.25) is 0 Å². The van der Waals surface area contributed by atoms with Gasteiger partial charge in [-0.25, -0.2) is 0 Å². The highest BCUT2D eigenvalue weighted by Gasteiger charge is 2.06. The maximum atomic E-state index is 5.85. The van der Waals surface area contributed by atoms with Crippen LogP contribution in [0, 0.1) is 0 Å². The minimum Gasteiger partial charge on any atom is -0.493 e. The van der Waals surface area contributed by atoms with Crippen LogP contribution < -0.4 is 10.5 Å². The van der Waals surface area contributed by atoms with E-state index in [0.717, 1.165) is 30.8 Å². The second kappa shape index (κ2) is 6.25. The van der Waals surface area contributed by atoms with Crippen molar-refractivity contribution in [3.05, 3.63) is 42.5 Å². The van der Waals surface area contributed by atoms with E-state index in [-0.39, 0.29) is 6.04 Å². The number of allylic oxidation sites excluding steroid dienone is 1. The summed E-state index contributed by atoms with van der Waals surface area (Å²) in [6.45, 7) is 6.36. The van der Waals surface area contributed by atoms with E-state index in [9.17, 15) is 0 Å². The number of unbranched alkanes of at least 4 members (excludes halogenated alkanes) is 1. The van der Waals surface area contributed by atoms with E-state index < -0.39 is 0 Å². The van der Waals surface area contributed by atoms with Crippen molar-refractivity contribution in [1.29, 1.82) is 0 Å². The molecule has 0 fully saturated rings. The van der Waals surface area contributed by atoms with Gasteiger partial charge in [0.1, 0.15) is 5.75 Å². The van der Waals surface area contributed by atoms with Gasteiger partial charge in [0.2, 0.25) is 0 Å². The summed E-state index contributed by atoms with van der Waals surface area (Å²) < 4.78 is 5.67.